The molecule has 3 rings (SSSR count). The van der Waals surface area contributed by atoms with Gasteiger partial charge in [-0.1, -0.05) is 18.2 Å². The smallest absolute Gasteiger partial charge is 0.264 e. The van der Waals surface area contributed by atoms with Crippen molar-refractivity contribution >= 4 is 33.2 Å². The monoisotopic (exact) mass is 555 g/mol. The van der Waals surface area contributed by atoms with Gasteiger partial charge in [0.15, 0.2) is 11.5 Å². The lowest BCUT2D eigenvalue weighted by Gasteiger charge is -2.25. The van der Waals surface area contributed by atoms with E-state index >= 15 is 0 Å². The summed E-state index contributed by atoms with van der Waals surface area (Å²) >= 11 is 0. The maximum atomic E-state index is 13.9. The maximum absolute atomic E-state index is 13.9. The van der Waals surface area contributed by atoms with Crippen molar-refractivity contribution in [3.05, 3.63) is 77.4 Å². The summed E-state index contributed by atoms with van der Waals surface area (Å²) in [7, 11) is 0.157. The average Bonchev–Trinajstić information content (AvgIpc) is 2.91. The Bertz CT molecular complexity index is 1420. The molecule has 0 spiro atoms. The summed E-state index contributed by atoms with van der Waals surface area (Å²) in [5.74, 6) is -0.424. The molecule has 0 heterocycles. The number of carbonyl (C=O) groups excluding carboxylic acids is 2. The van der Waals surface area contributed by atoms with Crippen molar-refractivity contribution in [1.82, 2.24) is 5.32 Å². The van der Waals surface area contributed by atoms with Crippen LogP contribution in [0.4, 0.5) is 11.4 Å². The van der Waals surface area contributed by atoms with Crippen LogP contribution in [-0.4, -0.2) is 61.3 Å². The molecule has 0 aliphatic heterocycles. The first-order valence-corrected chi connectivity index (χ1v) is 13.5. The van der Waals surface area contributed by atoms with E-state index in [2.05, 4.69) is 10.6 Å². The number of amides is 2. The van der Waals surface area contributed by atoms with Gasteiger partial charge in [-0.15, -0.1) is 0 Å². The Labute approximate surface area is 228 Å². The summed E-state index contributed by atoms with van der Waals surface area (Å²) in [6.07, 6.45) is 0. The van der Waals surface area contributed by atoms with Gasteiger partial charge in [0.25, 0.3) is 15.9 Å². The third-order valence-electron chi connectivity index (χ3n) is 5.76. The van der Waals surface area contributed by atoms with Crippen LogP contribution < -0.4 is 24.4 Å². The molecule has 208 valence electrons. The van der Waals surface area contributed by atoms with Crippen molar-refractivity contribution in [2.24, 2.45) is 0 Å². The Kier molecular flexibility index (Phi) is 9.91. The highest BCUT2D eigenvalue weighted by atomic mass is 32.2. The molecule has 0 aliphatic carbocycles. The van der Waals surface area contributed by atoms with E-state index < -0.39 is 28.4 Å². The number of anilines is 2. The molecule has 3 aromatic carbocycles. The molecular formula is C28H33N3O7S. The van der Waals surface area contributed by atoms with E-state index in [1.54, 1.807) is 36.4 Å². The van der Waals surface area contributed by atoms with Gasteiger partial charge < -0.3 is 24.8 Å². The number of hydrogen-bond donors (Lipinski definition) is 2. The van der Waals surface area contributed by atoms with Crippen LogP contribution in [0.15, 0.2) is 65.6 Å². The predicted octanol–water partition coefficient (Wildman–Crippen LogP) is 3.53. The minimum Gasteiger partial charge on any atom is -0.493 e. The topological polar surface area (TPSA) is 123 Å². The van der Waals surface area contributed by atoms with Gasteiger partial charge in [0, 0.05) is 19.7 Å². The van der Waals surface area contributed by atoms with Gasteiger partial charge in [0.05, 0.1) is 42.7 Å². The van der Waals surface area contributed by atoms with Crippen LogP contribution in [0.2, 0.25) is 0 Å². The van der Waals surface area contributed by atoms with E-state index in [1.165, 1.54) is 39.5 Å². The summed E-state index contributed by atoms with van der Waals surface area (Å²) in [5.41, 5.74) is 2.47. The van der Waals surface area contributed by atoms with Gasteiger partial charge in [-0.05, 0) is 61.4 Å². The van der Waals surface area contributed by atoms with Gasteiger partial charge in [-0.2, -0.15) is 0 Å². The lowest BCUT2D eigenvalue weighted by atomic mass is 10.1. The number of carbonyl (C=O) groups is 2. The average molecular weight is 556 g/mol. The van der Waals surface area contributed by atoms with Crippen LogP contribution in [0.25, 0.3) is 0 Å². The fourth-order valence-corrected chi connectivity index (χ4v) is 5.41. The summed E-state index contributed by atoms with van der Waals surface area (Å²) in [5, 5.41) is 5.41. The number of hydrogen-bond acceptors (Lipinski definition) is 7. The third-order valence-corrected chi connectivity index (χ3v) is 7.53. The molecule has 11 heteroatoms. The molecule has 39 heavy (non-hydrogen) atoms. The van der Waals surface area contributed by atoms with Gasteiger partial charge in [0.2, 0.25) is 5.91 Å². The summed E-state index contributed by atoms with van der Waals surface area (Å²) in [6, 6.07) is 16.0. The highest BCUT2D eigenvalue weighted by Crippen LogP contribution is 2.32. The van der Waals surface area contributed by atoms with E-state index in [0.29, 0.717) is 24.6 Å². The van der Waals surface area contributed by atoms with Crippen molar-refractivity contribution in [2.75, 3.05) is 50.6 Å². The molecule has 2 amide bonds. The van der Waals surface area contributed by atoms with Crippen molar-refractivity contribution in [2.45, 2.75) is 18.7 Å². The molecule has 0 saturated carbocycles. The largest absolute Gasteiger partial charge is 0.493 e. The second kappa shape index (κ2) is 13.1. The lowest BCUT2D eigenvalue weighted by molar-refractivity contribution is -0.114. The summed E-state index contributed by atoms with van der Waals surface area (Å²) in [6.45, 7) is 3.77. The van der Waals surface area contributed by atoms with E-state index in [0.717, 1.165) is 15.4 Å². The number of methoxy groups -OCH3 is 3. The zero-order chi connectivity index (χ0) is 28.6. The Morgan fingerprint density at radius 2 is 1.54 bits per heavy atom. The number of ether oxygens (including phenoxy) is 3. The minimum atomic E-state index is -4.23. The number of nitrogens with one attached hydrogen (secondary N) is 2. The quantitative estimate of drug-likeness (QED) is 0.328. The Hall–Kier alpha value is -4.09. The van der Waals surface area contributed by atoms with Crippen LogP contribution >= 0.6 is 0 Å². The van der Waals surface area contributed by atoms with Gasteiger partial charge >= 0.3 is 0 Å². The van der Waals surface area contributed by atoms with Crippen molar-refractivity contribution in [3.8, 4) is 11.5 Å². The SMILES string of the molecule is COCCNC(=O)c1ccccc1NC(=O)CN(c1cc(C)cc(C)c1)S(=O)(=O)c1ccc(OC)c(OC)c1. The third kappa shape index (κ3) is 7.27. The maximum Gasteiger partial charge on any atom is 0.264 e. The number of nitrogens with zero attached hydrogens (tertiary/aromatic N) is 1. The fourth-order valence-electron chi connectivity index (χ4n) is 3.99. The standard InChI is InChI=1S/C28H33N3O7S/c1-19-14-20(2)16-21(15-19)31(39(34,35)22-10-11-25(37-4)26(17-22)38-5)18-27(32)30-24-9-7-6-8-23(24)28(33)29-12-13-36-3/h6-11,14-17H,12-13,18H2,1-5H3,(H,29,33)(H,30,32). The molecular weight excluding hydrogens is 522 g/mol. The second-order valence-electron chi connectivity index (χ2n) is 8.72. The van der Waals surface area contributed by atoms with Crippen molar-refractivity contribution < 1.29 is 32.2 Å². The van der Waals surface area contributed by atoms with Gasteiger partial charge in [0.1, 0.15) is 6.54 Å². The van der Waals surface area contributed by atoms with E-state index in [9.17, 15) is 18.0 Å². The van der Waals surface area contributed by atoms with Crippen LogP contribution in [0.3, 0.4) is 0 Å². The Morgan fingerprint density at radius 3 is 2.18 bits per heavy atom. The molecule has 10 nitrogen and oxygen atoms in total. The second-order valence-corrected chi connectivity index (χ2v) is 10.6. The van der Waals surface area contributed by atoms with Crippen LogP contribution in [0.1, 0.15) is 21.5 Å². The highest BCUT2D eigenvalue weighted by molar-refractivity contribution is 7.92. The molecule has 0 fully saturated rings. The zero-order valence-corrected chi connectivity index (χ0v) is 23.4. The van der Waals surface area contributed by atoms with Crippen LogP contribution in [-0.2, 0) is 19.6 Å². The number of para-hydroxylation sites is 1. The molecule has 2 N–H and O–H groups in total. The number of rotatable bonds is 12. The first-order valence-electron chi connectivity index (χ1n) is 12.1. The number of aryl methyl sites for hydroxylation is 2. The highest BCUT2D eigenvalue weighted by Gasteiger charge is 2.29. The summed E-state index contributed by atoms with van der Waals surface area (Å²) in [4.78, 5) is 25.9. The molecule has 0 aliphatic rings. The minimum absolute atomic E-state index is 0.0787. The first kappa shape index (κ1) is 29.5. The van der Waals surface area contributed by atoms with Gasteiger partial charge in [-0.3, -0.25) is 13.9 Å². The molecule has 3 aromatic rings. The van der Waals surface area contributed by atoms with Crippen molar-refractivity contribution in [3.63, 3.8) is 0 Å². The molecule has 0 atom stereocenters. The molecule has 0 saturated heterocycles. The molecule has 0 bridgehead atoms. The Balaban J connectivity index is 1.97. The zero-order valence-electron chi connectivity index (χ0n) is 22.6. The van der Waals surface area contributed by atoms with Crippen LogP contribution in [0, 0.1) is 13.8 Å². The first-order chi connectivity index (χ1) is 18.6. The number of sulfonamides is 1. The van der Waals surface area contributed by atoms with E-state index in [4.69, 9.17) is 14.2 Å². The van der Waals surface area contributed by atoms with Crippen LogP contribution in [0.5, 0.6) is 11.5 Å². The lowest BCUT2D eigenvalue weighted by Crippen LogP contribution is -2.38. The molecule has 0 unspecified atom stereocenters. The predicted molar refractivity (Wildman–Crippen MR) is 149 cm³/mol. The number of benzene rings is 3. The fraction of sp³-hybridized carbons (Fsp3) is 0.286. The molecule has 0 radical (unpaired) electrons. The van der Waals surface area contributed by atoms with E-state index in [1.807, 2.05) is 19.9 Å². The van der Waals surface area contributed by atoms with E-state index in [-0.39, 0.29) is 21.9 Å². The summed E-state index contributed by atoms with van der Waals surface area (Å²) < 4.78 is 44.3. The molecule has 0 aromatic heterocycles. The van der Waals surface area contributed by atoms with Gasteiger partial charge in [-0.25, -0.2) is 8.42 Å². The Morgan fingerprint density at radius 1 is 0.872 bits per heavy atom. The van der Waals surface area contributed by atoms with Crippen molar-refractivity contribution in [1.29, 1.82) is 0 Å². The normalized spacial score (nSPS) is 11.0.